The summed E-state index contributed by atoms with van der Waals surface area (Å²) in [7, 11) is 0. The zero-order valence-corrected chi connectivity index (χ0v) is 12.1. The number of carbonyl (C=O) groups excluding carboxylic acids is 1. The molecule has 22 heavy (non-hydrogen) atoms. The van der Waals surface area contributed by atoms with Gasteiger partial charge in [0, 0.05) is 31.9 Å². The van der Waals surface area contributed by atoms with Crippen molar-refractivity contribution in [1.29, 1.82) is 0 Å². The highest BCUT2D eigenvalue weighted by atomic mass is 16.5. The summed E-state index contributed by atoms with van der Waals surface area (Å²) in [5.41, 5.74) is 1.20. The van der Waals surface area contributed by atoms with Crippen LogP contribution in [0, 0.1) is 0 Å². The lowest BCUT2D eigenvalue weighted by molar-refractivity contribution is 0.0343. The number of piperidine rings is 1. The first-order valence-electron chi connectivity index (χ1n) is 7.24. The topological polar surface area (TPSA) is 91.5 Å². The maximum atomic E-state index is 11.9. The summed E-state index contributed by atoms with van der Waals surface area (Å²) < 4.78 is 4.65. The van der Waals surface area contributed by atoms with Gasteiger partial charge >= 0.3 is 0 Å². The zero-order chi connectivity index (χ0) is 15.4. The largest absolute Gasteiger partial charge is 0.390 e. The minimum atomic E-state index is -0.617. The molecule has 2 atom stereocenters. The lowest BCUT2D eigenvalue weighted by Crippen LogP contribution is -2.53. The van der Waals surface area contributed by atoms with Crippen molar-refractivity contribution in [3.8, 4) is 0 Å². The third kappa shape index (κ3) is 3.49. The van der Waals surface area contributed by atoms with Crippen LogP contribution in [0.25, 0.3) is 0 Å². The van der Waals surface area contributed by atoms with E-state index in [1.165, 1.54) is 12.3 Å². The molecule has 1 amide bonds. The van der Waals surface area contributed by atoms with Crippen LogP contribution in [-0.4, -0.2) is 51.3 Å². The van der Waals surface area contributed by atoms with Crippen molar-refractivity contribution in [2.45, 2.75) is 25.1 Å². The van der Waals surface area contributed by atoms with Crippen molar-refractivity contribution in [3.05, 3.63) is 48.1 Å². The van der Waals surface area contributed by atoms with Gasteiger partial charge in [0.15, 0.2) is 5.69 Å². The van der Waals surface area contributed by atoms with E-state index >= 15 is 0 Å². The second-order valence-corrected chi connectivity index (χ2v) is 5.38. The number of carbonyl (C=O) groups is 1. The number of hydrogen-bond donors (Lipinski definition) is 2. The Morgan fingerprint density at radius 3 is 3.05 bits per heavy atom. The molecule has 7 heteroatoms. The highest BCUT2D eigenvalue weighted by molar-refractivity contribution is 5.92. The smallest absolute Gasteiger partial charge is 0.273 e. The second-order valence-electron chi connectivity index (χ2n) is 5.38. The van der Waals surface area contributed by atoms with Gasteiger partial charge in [-0.1, -0.05) is 11.2 Å². The van der Waals surface area contributed by atoms with Gasteiger partial charge < -0.3 is 14.9 Å². The predicted molar refractivity (Wildman–Crippen MR) is 77.9 cm³/mol. The Kier molecular flexibility index (Phi) is 4.45. The first kappa shape index (κ1) is 14.7. The molecule has 1 saturated heterocycles. The van der Waals surface area contributed by atoms with Crippen molar-refractivity contribution in [1.82, 2.24) is 20.4 Å². The fraction of sp³-hybridized carbons (Fsp3) is 0.400. The molecular weight excluding hydrogens is 284 g/mol. The van der Waals surface area contributed by atoms with Crippen LogP contribution in [0.15, 0.2) is 41.2 Å². The minimum Gasteiger partial charge on any atom is -0.390 e. The van der Waals surface area contributed by atoms with Gasteiger partial charge in [-0.15, -0.1) is 0 Å². The molecule has 0 aliphatic carbocycles. The van der Waals surface area contributed by atoms with Crippen LogP contribution in [0.1, 0.15) is 22.6 Å². The van der Waals surface area contributed by atoms with Gasteiger partial charge in [-0.3, -0.25) is 14.7 Å². The van der Waals surface area contributed by atoms with E-state index in [0.29, 0.717) is 19.5 Å². The van der Waals surface area contributed by atoms with Gasteiger partial charge in [0.2, 0.25) is 0 Å². The van der Waals surface area contributed by atoms with E-state index in [9.17, 15) is 9.90 Å². The zero-order valence-electron chi connectivity index (χ0n) is 12.1. The van der Waals surface area contributed by atoms with Gasteiger partial charge in [-0.2, -0.15) is 0 Å². The number of aromatic nitrogens is 2. The second kappa shape index (κ2) is 6.67. The lowest BCUT2D eigenvalue weighted by atomic mass is 10.0. The molecule has 2 aromatic heterocycles. The third-order valence-corrected chi connectivity index (χ3v) is 3.76. The molecule has 0 aromatic carbocycles. The van der Waals surface area contributed by atoms with E-state index in [-0.39, 0.29) is 17.6 Å². The summed E-state index contributed by atoms with van der Waals surface area (Å²) in [6.45, 7) is 1.99. The van der Waals surface area contributed by atoms with Gasteiger partial charge in [-0.25, -0.2) is 0 Å². The number of likely N-dealkylation sites (tertiary alicyclic amines) is 1. The fourth-order valence-corrected chi connectivity index (χ4v) is 2.60. The van der Waals surface area contributed by atoms with E-state index in [1.54, 1.807) is 6.20 Å². The molecule has 0 saturated carbocycles. The normalized spacial score (nSPS) is 22.4. The molecular formula is C15H18N4O3. The van der Waals surface area contributed by atoms with E-state index in [2.05, 4.69) is 24.9 Å². The predicted octanol–water partition coefficient (Wildman–Crippen LogP) is 0.435. The molecule has 3 rings (SSSR count). The Bertz CT molecular complexity index is 603. The number of aliphatic hydroxyl groups is 1. The Hall–Kier alpha value is -2.25. The fourth-order valence-electron chi connectivity index (χ4n) is 2.60. The minimum absolute atomic E-state index is 0.225. The molecule has 0 radical (unpaired) electrons. The van der Waals surface area contributed by atoms with Crippen LogP contribution in [-0.2, 0) is 6.54 Å². The van der Waals surface area contributed by atoms with Crippen LogP contribution in [0.2, 0.25) is 0 Å². The van der Waals surface area contributed by atoms with Crippen LogP contribution in [0.4, 0.5) is 0 Å². The highest BCUT2D eigenvalue weighted by Crippen LogP contribution is 2.14. The standard InChI is InChI=1S/C15H18N4O3/c20-14-10-19(9-11-3-1-2-6-16-11)7-4-12(14)17-15(21)13-5-8-22-18-13/h1-3,5-6,8,12,14,20H,4,7,9-10H2,(H,17,21)/t12-,14-/m0/s1. The molecule has 7 nitrogen and oxygen atoms in total. The van der Waals surface area contributed by atoms with E-state index in [0.717, 1.165) is 12.2 Å². The number of nitrogens with zero attached hydrogens (tertiary/aromatic N) is 3. The maximum absolute atomic E-state index is 11.9. The van der Waals surface area contributed by atoms with E-state index in [1.807, 2.05) is 18.2 Å². The van der Waals surface area contributed by atoms with Crippen LogP contribution in [0.5, 0.6) is 0 Å². The van der Waals surface area contributed by atoms with Crippen molar-refractivity contribution in [2.24, 2.45) is 0 Å². The monoisotopic (exact) mass is 302 g/mol. The van der Waals surface area contributed by atoms with Crippen molar-refractivity contribution >= 4 is 5.91 Å². The van der Waals surface area contributed by atoms with E-state index in [4.69, 9.17) is 0 Å². The van der Waals surface area contributed by atoms with E-state index < -0.39 is 6.10 Å². The van der Waals surface area contributed by atoms with Crippen molar-refractivity contribution in [2.75, 3.05) is 13.1 Å². The number of hydrogen-bond acceptors (Lipinski definition) is 6. The molecule has 116 valence electrons. The van der Waals surface area contributed by atoms with Crippen LogP contribution >= 0.6 is 0 Å². The number of amides is 1. The Morgan fingerprint density at radius 2 is 2.36 bits per heavy atom. The molecule has 2 aromatic rings. The first-order chi connectivity index (χ1) is 10.7. The molecule has 1 aliphatic heterocycles. The molecule has 1 aliphatic rings. The number of pyridine rings is 1. The maximum Gasteiger partial charge on any atom is 0.273 e. The Balaban J connectivity index is 1.53. The van der Waals surface area contributed by atoms with Gasteiger partial charge in [0.1, 0.15) is 6.26 Å². The number of nitrogens with one attached hydrogen (secondary N) is 1. The van der Waals surface area contributed by atoms with Gasteiger partial charge in [0.05, 0.1) is 17.8 Å². The van der Waals surface area contributed by atoms with Crippen LogP contribution in [0.3, 0.4) is 0 Å². The SMILES string of the molecule is O=C(N[C@H]1CCN(Cc2ccccn2)C[C@@H]1O)c1ccon1. The molecule has 2 N–H and O–H groups in total. The third-order valence-electron chi connectivity index (χ3n) is 3.76. The van der Waals surface area contributed by atoms with Crippen molar-refractivity contribution < 1.29 is 14.4 Å². The molecule has 3 heterocycles. The Labute approximate surface area is 127 Å². The van der Waals surface area contributed by atoms with Crippen LogP contribution < -0.4 is 5.32 Å². The molecule has 0 unspecified atom stereocenters. The average Bonchev–Trinajstić information content (AvgIpc) is 3.05. The summed E-state index contributed by atoms with van der Waals surface area (Å²) in [6, 6.07) is 7.01. The lowest BCUT2D eigenvalue weighted by Gasteiger charge is -2.35. The highest BCUT2D eigenvalue weighted by Gasteiger charge is 2.29. The summed E-state index contributed by atoms with van der Waals surface area (Å²) in [5.74, 6) is -0.323. The molecule has 0 spiro atoms. The van der Waals surface area contributed by atoms with Gasteiger partial charge in [-0.05, 0) is 18.6 Å². The number of rotatable bonds is 4. The Morgan fingerprint density at radius 1 is 1.45 bits per heavy atom. The summed E-state index contributed by atoms with van der Waals surface area (Å²) >= 11 is 0. The quantitative estimate of drug-likeness (QED) is 0.851. The average molecular weight is 302 g/mol. The molecule has 1 fully saturated rings. The molecule has 0 bridgehead atoms. The number of β-amino-alcohol motifs (C(OH)–C–C–N with tert-alkyl or cyclic N) is 1. The first-order valence-corrected chi connectivity index (χ1v) is 7.24. The van der Waals surface area contributed by atoms with Gasteiger partial charge in [0.25, 0.3) is 5.91 Å². The number of aliphatic hydroxyl groups excluding tert-OH is 1. The van der Waals surface area contributed by atoms with Crippen molar-refractivity contribution in [3.63, 3.8) is 0 Å². The summed E-state index contributed by atoms with van der Waals surface area (Å²) in [5, 5.41) is 16.6. The summed E-state index contributed by atoms with van der Waals surface area (Å²) in [4.78, 5) is 18.3. The summed E-state index contributed by atoms with van der Waals surface area (Å²) in [6.07, 6.45) is 3.17.